The van der Waals surface area contributed by atoms with Gasteiger partial charge >= 0.3 is 0 Å². The lowest BCUT2D eigenvalue weighted by Gasteiger charge is -2.30. The summed E-state index contributed by atoms with van der Waals surface area (Å²) in [6.45, 7) is 1.06. The Kier molecular flexibility index (Phi) is 2.23. The lowest BCUT2D eigenvalue weighted by molar-refractivity contribution is 0.299. The van der Waals surface area contributed by atoms with Crippen molar-refractivity contribution in [2.75, 3.05) is 26.0 Å². The van der Waals surface area contributed by atoms with Gasteiger partial charge in [0.15, 0.2) is 0 Å². The van der Waals surface area contributed by atoms with E-state index in [0.717, 1.165) is 13.0 Å². The highest BCUT2D eigenvalue weighted by Crippen LogP contribution is 2.22. The van der Waals surface area contributed by atoms with Crippen LogP contribution in [-0.2, 0) is 6.42 Å². The molecule has 0 bridgehead atoms. The maximum atomic E-state index is 3.45. The molecule has 0 spiro atoms. The number of nitrogens with one attached hydrogen (secondary N) is 1. The number of likely N-dealkylation sites (N-methyl/N-ethyl adjacent to an activating group) is 1. The van der Waals surface area contributed by atoms with Gasteiger partial charge in [0.2, 0.25) is 0 Å². The summed E-state index contributed by atoms with van der Waals surface area (Å²) < 4.78 is 0. The van der Waals surface area contributed by atoms with Gasteiger partial charge in [-0.25, -0.2) is 0 Å². The van der Waals surface area contributed by atoms with E-state index in [4.69, 9.17) is 0 Å². The van der Waals surface area contributed by atoms with Crippen LogP contribution in [0.5, 0.6) is 0 Å². The van der Waals surface area contributed by atoms with E-state index in [1.165, 1.54) is 11.3 Å². The molecule has 0 fully saturated rings. The average Bonchev–Trinajstić information content (AvgIpc) is 2.17. The minimum atomic E-state index is 0.634. The van der Waals surface area contributed by atoms with E-state index < -0.39 is 0 Å². The number of nitrogens with zero attached hydrogens (tertiary/aromatic N) is 1. The highest BCUT2D eigenvalue weighted by atomic mass is 15.1. The zero-order valence-corrected chi connectivity index (χ0v) is 8.25. The Morgan fingerprint density at radius 3 is 2.85 bits per heavy atom. The molecular weight excluding hydrogens is 160 g/mol. The second kappa shape index (κ2) is 3.38. The highest BCUT2D eigenvalue weighted by molar-refractivity contribution is 5.53. The van der Waals surface area contributed by atoms with Crippen molar-refractivity contribution >= 4 is 5.69 Å². The average molecular weight is 176 g/mol. The van der Waals surface area contributed by atoms with Crippen LogP contribution in [0.1, 0.15) is 5.56 Å². The number of hydrogen-bond donors (Lipinski definition) is 1. The molecule has 1 aromatic carbocycles. The van der Waals surface area contributed by atoms with Crippen molar-refractivity contribution in [2.24, 2.45) is 0 Å². The van der Waals surface area contributed by atoms with E-state index >= 15 is 0 Å². The van der Waals surface area contributed by atoms with Gasteiger partial charge in [0.05, 0.1) is 0 Å². The van der Waals surface area contributed by atoms with Crippen LogP contribution in [0.25, 0.3) is 0 Å². The third-order valence-corrected chi connectivity index (χ3v) is 2.73. The normalized spacial score (nSPS) is 21.0. The van der Waals surface area contributed by atoms with Crippen molar-refractivity contribution in [3.05, 3.63) is 29.8 Å². The van der Waals surface area contributed by atoms with Gasteiger partial charge in [-0.2, -0.15) is 0 Å². The third kappa shape index (κ3) is 1.68. The van der Waals surface area contributed by atoms with E-state index in [0.29, 0.717) is 6.04 Å². The first-order chi connectivity index (χ1) is 6.27. The molecule has 1 heterocycles. The minimum Gasteiger partial charge on any atom is -0.383 e. The Morgan fingerprint density at radius 1 is 1.31 bits per heavy atom. The summed E-state index contributed by atoms with van der Waals surface area (Å²) in [5.74, 6) is 0. The molecule has 2 heteroatoms. The predicted molar refractivity (Wildman–Crippen MR) is 56.1 cm³/mol. The molecule has 0 radical (unpaired) electrons. The number of benzene rings is 1. The third-order valence-electron chi connectivity index (χ3n) is 2.73. The van der Waals surface area contributed by atoms with Gasteiger partial charge in [-0.05, 0) is 32.1 Å². The van der Waals surface area contributed by atoms with Gasteiger partial charge in [0.1, 0.15) is 0 Å². The molecule has 0 saturated carbocycles. The number of para-hydroxylation sites is 1. The van der Waals surface area contributed by atoms with Crippen LogP contribution in [0.2, 0.25) is 0 Å². The first-order valence-electron chi connectivity index (χ1n) is 4.75. The van der Waals surface area contributed by atoms with Crippen molar-refractivity contribution in [3.8, 4) is 0 Å². The molecule has 1 aromatic rings. The monoisotopic (exact) mass is 176 g/mol. The van der Waals surface area contributed by atoms with Crippen LogP contribution < -0.4 is 5.32 Å². The van der Waals surface area contributed by atoms with E-state index in [1.807, 2.05) is 0 Å². The van der Waals surface area contributed by atoms with E-state index in [9.17, 15) is 0 Å². The summed E-state index contributed by atoms with van der Waals surface area (Å²) in [5, 5.41) is 3.45. The maximum Gasteiger partial charge on any atom is 0.0373 e. The molecule has 0 saturated heterocycles. The first-order valence-corrected chi connectivity index (χ1v) is 4.75. The summed E-state index contributed by atoms with van der Waals surface area (Å²) in [4.78, 5) is 2.28. The second-order valence-electron chi connectivity index (χ2n) is 3.86. The van der Waals surface area contributed by atoms with Crippen LogP contribution in [0.4, 0.5) is 5.69 Å². The molecule has 13 heavy (non-hydrogen) atoms. The highest BCUT2D eigenvalue weighted by Gasteiger charge is 2.18. The van der Waals surface area contributed by atoms with Crippen molar-refractivity contribution in [1.82, 2.24) is 4.90 Å². The van der Waals surface area contributed by atoms with E-state index in [1.54, 1.807) is 0 Å². The molecule has 1 atom stereocenters. The molecule has 2 nitrogen and oxygen atoms in total. The quantitative estimate of drug-likeness (QED) is 0.699. The van der Waals surface area contributed by atoms with Crippen LogP contribution in [0.3, 0.4) is 0 Å². The van der Waals surface area contributed by atoms with Gasteiger partial charge in [0.25, 0.3) is 0 Å². The fraction of sp³-hybridized carbons (Fsp3) is 0.455. The molecule has 1 aliphatic heterocycles. The molecule has 1 aliphatic rings. The first kappa shape index (κ1) is 8.57. The second-order valence-corrected chi connectivity index (χ2v) is 3.86. The van der Waals surface area contributed by atoms with E-state index in [-0.39, 0.29) is 0 Å². The van der Waals surface area contributed by atoms with Gasteiger partial charge in [-0.1, -0.05) is 18.2 Å². The Bertz CT molecular complexity index is 294. The van der Waals surface area contributed by atoms with Crippen LogP contribution >= 0.6 is 0 Å². The molecule has 0 aromatic heterocycles. The van der Waals surface area contributed by atoms with Crippen LogP contribution in [0.15, 0.2) is 24.3 Å². The molecule has 1 N–H and O–H groups in total. The lowest BCUT2D eigenvalue weighted by Crippen LogP contribution is -2.39. The maximum absolute atomic E-state index is 3.45. The molecule has 0 aliphatic carbocycles. The van der Waals surface area contributed by atoms with Crippen molar-refractivity contribution in [3.63, 3.8) is 0 Å². The zero-order valence-electron chi connectivity index (χ0n) is 8.25. The standard InChI is InChI=1S/C11H16N2/c1-13(2)10-7-9-5-3-4-6-11(9)12-8-10/h3-6,10,12H,7-8H2,1-2H3/t10-/m0/s1. The van der Waals surface area contributed by atoms with Crippen molar-refractivity contribution < 1.29 is 0 Å². The van der Waals surface area contributed by atoms with Crippen LogP contribution in [0, 0.1) is 0 Å². The molecule has 0 unspecified atom stereocenters. The topological polar surface area (TPSA) is 15.3 Å². The minimum absolute atomic E-state index is 0.634. The lowest BCUT2D eigenvalue weighted by atomic mass is 9.99. The fourth-order valence-corrected chi connectivity index (χ4v) is 1.79. The predicted octanol–water partition coefficient (Wildman–Crippen LogP) is 1.58. The van der Waals surface area contributed by atoms with Crippen molar-refractivity contribution in [2.45, 2.75) is 12.5 Å². The summed E-state index contributed by atoms with van der Waals surface area (Å²) in [7, 11) is 4.28. The van der Waals surface area contributed by atoms with Crippen molar-refractivity contribution in [1.29, 1.82) is 0 Å². The van der Waals surface area contributed by atoms with Gasteiger partial charge in [0, 0.05) is 18.3 Å². The number of fused-ring (bicyclic) bond motifs is 1. The molecule has 0 amide bonds. The number of anilines is 1. The molecule has 70 valence electrons. The van der Waals surface area contributed by atoms with E-state index in [2.05, 4.69) is 48.6 Å². The Balaban J connectivity index is 2.20. The largest absolute Gasteiger partial charge is 0.383 e. The SMILES string of the molecule is CN(C)[C@@H]1CNc2ccccc2C1. The Labute approximate surface area is 79.6 Å². The van der Waals surface area contributed by atoms with Gasteiger partial charge in [-0.3, -0.25) is 0 Å². The number of hydrogen-bond acceptors (Lipinski definition) is 2. The number of rotatable bonds is 1. The summed E-state index contributed by atoms with van der Waals surface area (Å²) >= 11 is 0. The van der Waals surface area contributed by atoms with Gasteiger partial charge in [-0.15, -0.1) is 0 Å². The molecular formula is C11H16N2. The Hall–Kier alpha value is -1.02. The smallest absolute Gasteiger partial charge is 0.0373 e. The van der Waals surface area contributed by atoms with Gasteiger partial charge < -0.3 is 10.2 Å². The molecule has 2 rings (SSSR count). The fourth-order valence-electron chi connectivity index (χ4n) is 1.79. The summed E-state index contributed by atoms with van der Waals surface area (Å²) in [6, 6.07) is 9.19. The Morgan fingerprint density at radius 2 is 2.08 bits per heavy atom. The summed E-state index contributed by atoms with van der Waals surface area (Å²) in [6.07, 6.45) is 1.16. The summed E-state index contributed by atoms with van der Waals surface area (Å²) in [5.41, 5.74) is 2.74. The zero-order chi connectivity index (χ0) is 9.26. The van der Waals surface area contributed by atoms with Crippen LogP contribution in [-0.4, -0.2) is 31.6 Å².